The SMILES string of the molecule is Cc1nc(NC(=O)C(=O)Nc2ccc(Cl)cc2Cl)sc1C. The summed E-state index contributed by atoms with van der Waals surface area (Å²) in [6.07, 6.45) is 0. The molecule has 0 saturated heterocycles. The zero-order valence-electron chi connectivity index (χ0n) is 11.2. The minimum absolute atomic E-state index is 0.254. The average Bonchev–Trinajstić information content (AvgIpc) is 2.71. The summed E-state index contributed by atoms with van der Waals surface area (Å²) >= 11 is 13.0. The Morgan fingerprint density at radius 2 is 1.81 bits per heavy atom. The second kappa shape index (κ2) is 6.43. The van der Waals surface area contributed by atoms with Crippen molar-refractivity contribution in [1.29, 1.82) is 0 Å². The monoisotopic (exact) mass is 343 g/mol. The molecule has 2 rings (SSSR count). The number of carbonyl (C=O) groups is 2. The Morgan fingerprint density at radius 3 is 2.38 bits per heavy atom. The molecule has 5 nitrogen and oxygen atoms in total. The van der Waals surface area contributed by atoms with Gasteiger partial charge in [-0.15, -0.1) is 11.3 Å². The van der Waals surface area contributed by atoms with Gasteiger partial charge in [0, 0.05) is 9.90 Å². The van der Waals surface area contributed by atoms with Crippen LogP contribution in [0.5, 0.6) is 0 Å². The van der Waals surface area contributed by atoms with Gasteiger partial charge >= 0.3 is 11.8 Å². The number of carbonyl (C=O) groups excluding carboxylic acids is 2. The van der Waals surface area contributed by atoms with Crippen molar-refractivity contribution in [3.63, 3.8) is 0 Å². The lowest BCUT2D eigenvalue weighted by Gasteiger charge is -2.06. The van der Waals surface area contributed by atoms with Crippen LogP contribution in [-0.2, 0) is 9.59 Å². The van der Waals surface area contributed by atoms with E-state index in [4.69, 9.17) is 23.2 Å². The van der Waals surface area contributed by atoms with Crippen molar-refractivity contribution in [2.24, 2.45) is 0 Å². The van der Waals surface area contributed by atoms with E-state index in [-0.39, 0.29) is 5.02 Å². The van der Waals surface area contributed by atoms with E-state index in [1.54, 1.807) is 6.07 Å². The van der Waals surface area contributed by atoms with Gasteiger partial charge in [-0.05, 0) is 32.0 Å². The van der Waals surface area contributed by atoms with Crippen LogP contribution in [0.3, 0.4) is 0 Å². The number of hydrogen-bond acceptors (Lipinski definition) is 4. The quantitative estimate of drug-likeness (QED) is 0.817. The van der Waals surface area contributed by atoms with Crippen LogP contribution in [0.25, 0.3) is 0 Å². The second-order valence-corrected chi connectivity index (χ2v) is 6.24. The van der Waals surface area contributed by atoms with Gasteiger partial charge in [0.2, 0.25) is 0 Å². The summed E-state index contributed by atoms with van der Waals surface area (Å²) in [6, 6.07) is 4.56. The summed E-state index contributed by atoms with van der Waals surface area (Å²) in [6.45, 7) is 3.71. The third-order valence-corrected chi connectivity index (χ3v) is 4.17. The molecule has 0 spiro atoms. The first-order valence-corrected chi connectivity index (χ1v) is 7.45. The predicted molar refractivity (Wildman–Crippen MR) is 85.3 cm³/mol. The van der Waals surface area contributed by atoms with E-state index >= 15 is 0 Å². The van der Waals surface area contributed by atoms with Crippen molar-refractivity contribution in [2.75, 3.05) is 10.6 Å². The summed E-state index contributed by atoms with van der Waals surface area (Å²) in [5.74, 6) is -1.64. The molecule has 0 aliphatic rings. The van der Waals surface area contributed by atoms with Crippen LogP contribution >= 0.6 is 34.5 Å². The number of nitrogens with one attached hydrogen (secondary N) is 2. The summed E-state index contributed by atoms with van der Waals surface area (Å²) < 4.78 is 0. The van der Waals surface area contributed by atoms with Crippen LogP contribution < -0.4 is 10.6 Å². The molecule has 0 atom stereocenters. The fourth-order valence-corrected chi connectivity index (χ4v) is 2.72. The first-order chi connectivity index (χ1) is 9.86. The van der Waals surface area contributed by atoms with Crippen molar-refractivity contribution in [3.8, 4) is 0 Å². The van der Waals surface area contributed by atoms with E-state index < -0.39 is 11.8 Å². The van der Waals surface area contributed by atoms with Gasteiger partial charge < -0.3 is 5.32 Å². The Morgan fingerprint density at radius 1 is 1.14 bits per heavy atom. The van der Waals surface area contributed by atoms with E-state index in [0.717, 1.165) is 10.6 Å². The lowest BCUT2D eigenvalue weighted by atomic mass is 10.3. The normalized spacial score (nSPS) is 10.3. The molecule has 110 valence electrons. The van der Waals surface area contributed by atoms with Gasteiger partial charge in [0.15, 0.2) is 5.13 Å². The highest BCUT2D eigenvalue weighted by atomic mass is 35.5. The number of anilines is 2. The van der Waals surface area contributed by atoms with Crippen molar-refractivity contribution in [2.45, 2.75) is 13.8 Å². The van der Waals surface area contributed by atoms with Crippen LogP contribution in [0, 0.1) is 13.8 Å². The molecule has 2 amide bonds. The smallest absolute Gasteiger partial charge is 0.315 e. The molecular formula is C13H11Cl2N3O2S. The number of amides is 2. The first-order valence-electron chi connectivity index (χ1n) is 5.88. The van der Waals surface area contributed by atoms with Crippen molar-refractivity contribution in [1.82, 2.24) is 4.98 Å². The number of benzene rings is 1. The zero-order chi connectivity index (χ0) is 15.6. The summed E-state index contributed by atoms with van der Waals surface area (Å²) in [7, 11) is 0. The summed E-state index contributed by atoms with van der Waals surface area (Å²) in [5, 5.41) is 5.93. The van der Waals surface area contributed by atoms with Gasteiger partial charge in [0.05, 0.1) is 16.4 Å². The standard InChI is InChI=1S/C13H11Cl2N3O2S/c1-6-7(2)21-13(16-6)18-12(20)11(19)17-10-4-3-8(14)5-9(10)15/h3-5H,1-2H3,(H,17,19)(H,16,18,20). The van der Waals surface area contributed by atoms with Crippen LogP contribution in [0.2, 0.25) is 10.0 Å². The Kier molecular flexibility index (Phi) is 4.82. The third kappa shape index (κ3) is 3.93. The molecular weight excluding hydrogens is 333 g/mol. The number of halogens is 2. The molecule has 8 heteroatoms. The van der Waals surface area contributed by atoms with Gasteiger partial charge in [0.25, 0.3) is 0 Å². The van der Waals surface area contributed by atoms with Crippen molar-refractivity contribution < 1.29 is 9.59 Å². The van der Waals surface area contributed by atoms with E-state index in [0.29, 0.717) is 15.8 Å². The van der Waals surface area contributed by atoms with E-state index in [2.05, 4.69) is 15.6 Å². The van der Waals surface area contributed by atoms with Gasteiger partial charge in [0.1, 0.15) is 0 Å². The van der Waals surface area contributed by atoms with Crippen LogP contribution in [0.4, 0.5) is 10.8 Å². The molecule has 1 aromatic heterocycles. The fourth-order valence-electron chi connectivity index (χ4n) is 1.45. The third-order valence-electron chi connectivity index (χ3n) is 2.63. The fraction of sp³-hybridized carbons (Fsp3) is 0.154. The summed E-state index contributed by atoms with van der Waals surface area (Å²) in [4.78, 5) is 28.7. The second-order valence-electron chi connectivity index (χ2n) is 4.19. The molecule has 2 N–H and O–H groups in total. The average molecular weight is 344 g/mol. The Labute approximate surface area is 135 Å². The van der Waals surface area contributed by atoms with Crippen LogP contribution in [0.15, 0.2) is 18.2 Å². The zero-order valence-corrected chi connectivity index (χ0v) is 13.5. The predicted octanol–water partition coefficient (Wildman–Crippen LogP) is 3.64. The number of aryl methyl sites for hydroxylation is 2. The maximum Gasteiger partial charge on any atom is 0.315 e. The molecule has 0 aliphatic heterocycles. The maximum atomic E-state index is 11.8. The first kappa shape index (κ1) is 15.8. The molecule has 21 heavy (non-hydrogen) atoms. The Hall–Kier alpha value is -1.63. The molecule has 1 aromatic carbocycles. The van der Waals surface area contributed by atoms with Crippen LogP contribution in [0.1, 0.15) is 10.6 Å². The number of nitrogens with zero attached hydrogens (tertiary/aromatic N) is 1. The van der Waals surface area contributed by atoms with Gasteiger partial charge in [-0.2, -0.15) is 0 Å². The molecule has 0 aliphatic carbocycles. The lowest BCUT2D eigenvalue weighted by molar-refractivity contribution is -0.132. The lowest BCUT2D eigenvalue weighted by Crippen LogP contribution is -2.29. The number of aromatic nitrogens is 1. The highest BCUT2D eigenvalue weighted by molar-refractivity contribution is 7.15. The highest BCUT2D eigenvalue weighted by Crippen LogP contribution is 2.25. The van der Waals surface area contributed by atoms with Crippen LogP contribution in [-0.4, -0.2) is 16.8 Å². The Bertz CT molecular complexity index is 696. The molecule has 0 fully saturated rings. The minimum Gasteiger partial charge on any atom is -0.316 e. The molecule has 1 heterocycles. The molecule has 0 radical (unpaired) electrons. The van der Waals surface area contributed by atoms with E-state index in [9.17, 15) is 9.59 Å². The van der Waals surface area contributed by atoms with E-state index in [1.165, 1.54) is 23.5 Å². The van der Waals surface area contributed by atoms with Gasteiger partial charge in [-0.3, -0.25) is 14.9 Å². The largest absolute Gasteiger partial charge is 0.316 e. The number of hydrogen-bond donors (Lipinski definition) is 2. The summed E-state index contributed by atoms with van der Waals surface area (Å²) in [5.41, 5.74) is 1.13. The van der Waals surface area contributed by atoms with Crippen molar-refractivity contribution >= 4 is 57.2 Å². The topological polar surface area (TPSA) is 71.1 Å². The molecule has 0 saturated carbocycles. The number of thiazole rings is 1. The molecule has 0 bridgehead atoms. The maximum absolute atomic E-state index is 11.8. The molecule has 2 aromatic rings. The van der Waals surface area contributed by atoms with Crippen molar-refractivity contribution in [3.05, 3.63) is 38.8 Å². The highest BCUT2D eigenvalue weighted by Gasteiger charge is 2.17. The van der Waals surface area contributed by atoms with Gasteiger partial charge in [-0.1, -0.05) is 23.2 Å². The van der Waals surface area contributed by atoms with E-state index in [1.807, 2.05) is 13.8 Å². The number of rotatable bonds is 2. The minimum atomic E-state index is -0.829. The van der Waals surface area contributed by atoms with Gasteiger partial charge in [-0.25, -0.2) is 4.98 Å². The Balaban J connectivity index is 2.04. The molecule has 0 unspecified atom stereocenters.